The molecule has 0 aliphatic carbocycles. The lowest BCUT2D eigenvalue weighted by molar-refractivity contribution is -0.274. The van der Waals surface area contributed by atoms with Crippen molar-refractivity contribution in [2.75, 3.05) is 11.9 Å². The minimum Gasteiger partial charge on any atom is -0.404 e. The van der Waals surface area contributed by atoms with Crippen LogP contribution in [0.2, 0.25) is 0 Å². The van der Waals surface area contributed by atoms with E-state index in [4.69, 9.17) is 4.74 Å². The summed E-state index contributed by atoms with van der Waals surface area (Å²) < 4.78 is 46.3. The summed E-state index contributed by atoms with van der Waals surface area (Å²) in [5, 5.41) is 2.95. The molecule has 0 amide bonds. The third-order valence-corrected chi connectivity index (χ3v) is 2.95. The number of para-hydroxylation sites is 2. The number of benzene rings is 1. The Hall–Kier alpha value is -1.43. The summed E-state index contributed by atoms with van der Waals surface area (Å²) in [6.45, 7) is 2.46. The molecule has 1 heterocycles. The van der Waals surface area contributed by atoms with Crippen molar-refractivity contribution in [3.05, 3.63) is 24.3 Å². The second kappa shape index (κ2) is 5.69. The van der Waals surface area contributed by atoms with Crippen molar-refractivity contribution in [1.29, 1.82) is 0 Å². The third-order valence-electron chi connectivity index (χ3n) is 2.95. The Morgan fingerprint density at radius 3 is 2.68 bits per heavy atom. The predicted molar refractivity (Wildman–Crippen MR) is 65.2 cm³/mol. The molecule has 19 heavy (non-hydrogen) atoms. The van der Waals surface area contributed by atoms with Gasteiger partial charge in [-0.1, -0.05) is 12.1 Å². The van der Waals surface area contributed by atoms with E-state index < -0.39 is 6.36 Å². The van der Waals surface area contributed by atoms with E-state index >= 15 is 0 Å². The molecule has 0 spiro atoms. The minimum atomic E-state index is -4.68. The van der Waals surface area contributed by atoms with Gasteiger partial charge in [0.05, 0.1) is 17.9 Å². The summed E-state index contributed by atoms with van der Waals surface area (Å²) in [5.74, 6) is -0.221. The van der Waals surface area contributed by atoms with E-state index in [-0.39, 0.29) is 18.0 Å². The van der Waals surface area contributed by atoms with Gasteiger partial charge in [-0.25, -0.2) is 0 Å². The molecule has 1 fully saturated rings. The zero-order valence-corrected chi connectivity index (χ0v) is 10.5. The Kier molecular flexibility index (Phi) is 4.19. The van der Waals surface area contributed by atoms with Crippen molar-refractivity contribution in [1.82, 2.24) is 0 Å². The maximum atomic E-state index is 12.2. The van der Waals surface area contributed by atoms with Gasteiger partial charge in [0.2, 0.25) is 0 Å². The van der Waals surface area contributed by atoms with Gasteiger partial charge in [-0.15, -0.1) is 13.2 Å². The average molecular weight is 275 g/mol. The molecule has 2 atom stereocenters. The van der Waals surface area contributed by atoms with Crippen molar-refractivity contribution in [3.8, 4) is 5.75 Å². The van der Waals surface area contributed by atoms with Gasteiger partial charge in [0.25, 0.3) is 0 Å². The number of hydrogen-bond donors (Lipinski definition) is 1. The van der Waals surface area contributed by atoms with Crippen molar-refractivity contribution < 1.29 is 22.6 Å². The first-order chi connectivity index (χ1) is 8.94. The van der Waals surface area contributed by atoms with Crippen LogP contribution in [0.25, 0.3) is 0 Å². The number of rotatable bonds is 4. The molecule has 1 aromatic rings. The number of ether oxygens (including phenoxy) is 2. The van der Waals surface area contributed by atoms with E-state index in [0.717, 1.165) is 12.8 Å². The summed E-state index contributed by atoms with van der Waals surface area (Å²) in [6, 6.07) is 6.00. The van der Waals surface area contributed by atoms with Crippen LogP contribution in [0.4, 0.5) is 18.9 Å². The molecular weight excluding hydrogens is 259 g/mol. The van der Waals surface area contributed by atoms with Crippen molar-refractivity contribution in [2.24, 2.45) is 0 Å². The zero-order chi connectivity index (χ0) is 13.9. The molecule has 2 unspecified atom stereocenters. The van der Waals surface area contributed by atoms with E-state index in [1.807, 2.05) is 6.92 Å². The maximum Gasteiger partial charge on any atom is 0.573 e. The third kappa shape index (κ3) is 4.31. The number of halogens is 3. The van der Waals surface area contributed by atoms with Crippen LogP contribution in [0.1, 0.15) is 19.8 Å². The molecule has 0 radical (unpaired) electrons. The number of alkyl halides is 3. The fraction of sp³-hybridized carbons (Fsp3) is 0.538. The van der Waals surface area contributed by atoms with Gasteiger partial charge in [0.1, 0.15) is 0 Å². The summed E-state index contributed by atoms with van der Waals surface area (Å²) in [7, 11) is 0. The lowest BCUT2D eigenvalue weighted by Crippen LogP contribution is -2.22. The lowest BCUT2D eigenvalue weighted by Gasteiger charge is -2.17. The van der Waals surface area contributed by atoms with E-state index in [2.05, 4.69) is 10.1 Å². The van der Waals surface area contributed by atoms with Crippen LogP contribution in [-0.2, 0) is 4.74 Å². The lowest BCUT2D eigenvalue weighted by atomic mass is 10.2. The Morgan fingerprint density at radius 2 is 2.05 bits per heavy atom. The molecule has 1 aliphatic heterocycles. The molecular formula is C13H16F3NO2. The van der Waals surface area contributed by atoms with E-state index in [9.17, 15) is 13.2 Å². The van der Waals surface area contributed by atoms with Crippen LogP contribution in [0.15, 0.2) is 24.3 Å². The Labute approximate surface area is 109 Å². The van der Waals surface area contributed by atoms with Gasteiger partial charge in [-0.2, -0.15) is 0 Å². The summed E-state index contributed by atoms with van der Waals surface area (Å²) in [5.41, 5.74) is 0.322. The van der Waals surface area contributed by atoms with E-state index in [1.54, 1.807) is 12.1 Å². The fourth-order valence-electron chi connectivity index (χ4n) is 2.09. The Morgan fingerprint density at radius 1 is 1.32 bits per heavy atom. The van der Waals surface area contributed by atoms with Crippen molar-refractivity contribution in [3.63, 3.8) is 0 Å². The topological polar surface area (TPSA) is 30.5 Å². The van der Waals surface area contributed by atoms with Gasteiger partial charge in [0, 0.05) is 6.54 Å². The van der Waals surface area contributed by atoms with Crippen LogP contribution >= 0.6 is 0 Å². The molecule has 0 aromatic heterocycles. The van der Waals surface area contributed by atoms with Gasteiger partial charge in [0.15, 0.2) is 5.75 Å². The standard InChI is InChI=1S/C13H16F3NO2/c1-9-6-7-10(18-9)8-17-11-4-2-3-5-12(11)19-13(14,15)16/h2-5,9-10,17H,6-8H2,1H3. The van der Waals surface area contributed by atoms with Crippen LogP contribution in [0, 0.1) is 0 Å². The number of nitrogens with one attached hydrogen (secondary N) is 1. The Balaban J connectivity index is 1.96. The zero-order valence-electron chi connectivity index (χ0n) is 10.5. The fourth-order valence-corrected chi connectivity index (χ4v) is 2.09. The molecule has 0 saturated carbocycles. The Bertz CT molecular complexity index is 423. The smallest absolute Gasteiger partial charge is 0.404 e. The van der Waals surface area contributed by atoms with E-state index in [1.165, 1.54) is 12.1 Å². The molecule has 0 bridgehead atoms. The maximum absolute atomic E-state index is 12.2. The number of hydrogen-bond acceptors (Lipinski definition) is 3. The highest BCUT2D eigenvalue weighted by molar-refractivity contribution is 5.56. The van der Waals surface area contributed by atoms with Crippen LogP contribution in [0.5, 0.6) is 5.75 Å². The first-order valence-corrected chi connectivity index (χ1v) is 6.18. The second-order valence-electron chi connectivity index (χ2n) is 4.57. The van der Waals surface area contributed by atoms with Gasteiger partial charge < -0.3 is 14.8 Å². The monoisotopic (exact) mass is 275 g/mol. The first-order valence-electron chi connectivity index (χ1n) is 6.18. The highest BCUT2D eigenvalue weighted by Crippen LogP contribution is 2.30. The quantitative estimate of drug-likeness (QED) is 0.911. The van der Waals surface area contributed by atoms with Gasteiger partial charge in [-0.3, -0.25) is 0 Å². The van der Waals surface area contributed by atoms with Crippen molar-refractivity contribution in [2.45, 2.75) is 38.3 Å². The van der Waals surface area contributed by atoms with Gasteiger partial charge in [-0.05, 0) is 31.9 Å². The summed E-state index contributed by atoms with van der Waals surface area (Å²) in [6.07, 6.45) is -2.54. The summed E-state index contributed by atoms with van der Waals surface area (Å²) >= 11 is 0. The molecule has 2 rings (SSSR count). The number of anilines is 1. The molecule has 1 aliphatic rings. The van der Waals surface area contributed by atoms with Crippen LogP contribution < -0.4 is 10.1 Å². The van der Waals surface area contributed by atoms with Crippen molar-refractivity contribution >= 4 is 5.69 Å². The second-order valence-corrected chi connectivity index (χ2v) is 4.57. The summed E-state index contributed by atoms with van der Waals surface area (Å²) in [4.78, 5) is 0. The highest BCUT2D eigenvalue weighted by atomic mass is 19.4. The molecule has 106 valence electrons. The molecule has 1 saturated heterocycles. The molecule has 1 N–H and O–H groups in total. The van der Waals surface area contributed by atoms with Gasteiger partial charge >= 0.3 is 6.36 Å². The van der Waals surface area contributed by atoms with Crippen LogP contribution in [0.3, 0.4) is 0 Å². The average Bonchev–Trinajstić information content (AvgIpc) is 2.72. The molecule has 3 nitrogen and oxygen atoms in total. The first kappa shape index (κ1) is 14.0. The highest BCUT2D eigenvalue weighted by Gasteiger charge is 2.32. The predicted octanol–water partition coefficient (Wildman–Crippen LogP) is 3.56. The van der Waals surface area contributed by atoms with Crippen LogP contribution in [-0.4, -0.2) is 25.1 Å². The SMILES string of the molecule is CC1CCC(CNc2ccccc2OC(F)(F)F)O1. The molecule has 6 heteroatoms. The largest absolute Gasteiger partial charge is 0.573 e. The minimum absolute atomic E-state index is 0.0361. The normalized spacial score (nSPS) is 23.4. The van der Waals surface area contributed by atoms with E-state index in [0.29, 0.717) is 12.2 Å². The molecule has 1 aromatic carbocycles.